The number of hydrogen-bond acceptors (Lipinski definition) is 2. The highest BCUT2D eigenvalue weighted by Gasteiger charge is 2.19. The maximum Gasteiger partial charge on any atom is 0.0595 e. The van der Waals surface area contributed by atoms with E-state index in [1.807, 2.05) is 19.2 Å². The van der Waals surface area contributed by atoms with Crippen LogP contribution in [0.15, 0.2) is 22.7 Å². The van der Waals surface area contributed by atoms with Crippen molar-refractivity contribution < 1.29 is 0 Å². The standard InChI is InChI=1S/C12H16BrClN2/c1-15-9-5-7-16(8-6-9)11-4-2-3-10(14)12(11)13/h2-4,9,15H,5-8H2,1H3. The average molecular weight is 304 g/mol. The molecule has 16 heavy (non-hydrogen) atoms. The fourth-order valence-electron chi connectivity index (χ4n) is 2.15. The lowest BCUT2D eigenvalue weighted by atomic mass is 10.0. The third-order valence-electron chi connectivity index (χ3n) is 3.18. The molecule has 0 aromatic heterocycles. The number of halogens is 2. The molecule has 1 N–H and O–H groups in total. The lowest BCUT2D eigenvalue weighted by Gasteiger charge is -2.34. The van der Waals surface area contributed by atoms with E-state index in [1.54, 1.807) is 0 Å². The summed E-state index contributed by atoms with van der Waals surface area (Å²) in [7, 11) is 2.04. The molecular weight excluding hydrogens is 288 g/mol. The van der Waals surface area contributed by atoms with E-state index in [0.717, 1.165) is 22.6 Å². The third-order valence-corrected chi connectivity index (χ3v) is 4.55. The normalized spacial score (nSPS) is 17.8. The van der Waals surface area contributed by atoms with Crippen molar-refractivity contribution in [2.75, 3.05) is 25.0 Å². The minimum absolute atomic E-state index is 0.661. The average Bonchev–Trinajstić information content (AvgIpc) is 2.33. The Bertz CT molecular complexity index is 362. The molecule has 1 aliphatic rings. The molecular formula is C12H16BrClN2. The summed E-state index contributed by atoms with van der Waals surface area (Å²) in [4.78, 5) is 2.39. The number of hydrogen-bond donors (Lipinski definition) is 1. The van der Waals surface area contributed by atoms with Gasteiger partial charge in [0.15, 0.2) is 0 Å². The van der Waals surface area contributed by atoms with Crippen LogP contribution >= 0.6 is 27.5 Å². The van der Waals surface area contributed by atoms with Crippen molar-refractivity contribution in [3.05, 3.63) is 27.7 Å². The van der Waals surface area contributed by atoms with Crippen molar-refractivity contribution in [1.29, 1.82) is 0 Å². The lowest BCUT2D eigenvalue weighted by Crippen LogP contribution is -2.41. The minimum atomic E-state index is 0.661. The number of benzene rings is 1. The number of anilines is 1. The van der Waals surface area contributed by atoms with Crippen LogP contribution in [-0.2, 0) is 0 Å². The molecule has 1 aliphatic heterocycles. The Balaban J connectivity index is 2.11. The van der Waals surface area contributed by atoms with Crippen LogP contribution in [0.1, 0.15) is 12.8 Å². The van der Waals surface area contributed by atoms with Gasteiger partial charge in [0.05, 0.1) is 15.2 Å². The van der Waals surface area contributed by atoms with Gasteiger partial charge in [-0.05, 0) is 48.0 Å². The SMILES string of the molecule is CNC1CCN(c2cccc(Cl)c2Br)CC1. The first-order chi connectivity index (χ1) is 7.72. The van der Waals surface area contributed by atoms with Crippen molar-refractivity contribution in [1.82, 2.24) is 5.32 Å². The molecule has 88 valence electrons. The summed E-state index contributed by atoms with van der Waals surface area (Å²) >= 11 is 9.66. The zero-order valence-corrected chi connectivity index (χ0v) is 11.7. The van der Waals surface area contributed by atoms with Crippen LogP contribution in [0.3, 0.4) is 0 Å². The Morgan fingerprint density at radius 3 is 2.69 bits per heavy atom. The van der Waals surface area contributed by atoms with Gasteiger partial charge in [-0.1, -0.05) is 17.7 Å². The second-order valence-electron chi connectivity index (χ2n) is 4.12. The highest BCUT2D eigenvalue weighted by atomic mass is 79.9. The van der Waals surface area contributed by atoms with E-state index in [1.165, 1.54) is 18.5 Å². The smallest absolute Gasteiger partial charge is 0.0595 e. The predicted octanol–water partition coefficient (Wildman–Crippen LogP) is 3.29. The van der Waals surface area contributed by atoms with Crippen LogP contribution in [0.5, 0.6) is 0 Å². The van der Waals surface area contributed by atoms with Gasteiger partial charge in [-0.2, -0.15) is 0 Å². The topological polar surface area (TPSA) is 15.3 Å². The quantitative estimate of drug-likeness (QED) is 0.902. The van der Waals surface area contributed by atoms with E-state index >= 15 is 0 Å². The molecule has 0 saturated carbocycles. The maximum atomic E-state index is 6.10. The van der Waals surface area contributed by atoms with Gasteiger partial charge in [0.2, 0.25) is 0 Å². The largest absolute Gasteiger partial charge is 0.370 e. The molecule has 0 radical (unpaired) electrons. The van der Waals surface area contributed by atoms with Crippen molar-refractivity contribution in [3.63, 3.8) is 0 Å². The summed E-state index contributed by atoms with van der Waals surface area (Å²) in [5, 5.41) is 4.12. The zero-order valence-electron chi connectivity index (χ0n) is 9.34. The highest BCUT2D eigenvalue weighted by Crippen LogP contribution is 2.34. The maximum absolute atomic E-state index is 6.10. The van der Waals surface area contributed by atoms with Crippen molar-refractivity contribution in [2.24, 2.45) is 0 Å². The van der Waals surface area contributed by atoms with Gasteiger partial charge < -0.3 is 10.2 Å². The van der Waals surface area contributed by atoms with Gasteiger partial charge >= 0.3 is 0 Å². The van der Waals surface area contributed by atoms with Gasteiger partial charge in [0.1, 0.15) is 0 Å². The van der Waals surface area contributed by atoms with Gasteiger partial charge in [0.25, 0.3) is 0 Å². The molecule has 4 heteroatoms. The Hall–Kier alpha value is -0.250. The van der Waals surface area contributed by atoms with Crippen molar-refractivity contribution in [3.8, 4) is 0 Å². The predicted molar refractivity (Wildman–Crippen MR) is 73.4 cm³/mol. The monoisotopic (exact) mass is 302 g/mol. The molecule has 2 rings (SSSR count). The highest BCUT2D eigenvalue weighted by molar-refractivity contribution is 9.10. The molecule has 1 fully saturated rings. The second-order valence-corrected chi connectivity index (χ2v) is 5.32. The number of nitrogens with one attached hydrogen (secondary N) is 1. The third kappa shape index (κ3) is 2.53. The molecule has 0 amide bonds. The molecule has 1 saturated heterocycles. The second kappa shape index (κ2) is 5.39. The Morgan fingerprint density at radius 2 is 2.06 bits per heavy atom. The fraction of sp³-hybridized carbons (Fsp3) is 0.500. The van der Waals surface area contributed by atoms with Gasteiger partial charge in [-0.3, -0.25) is 0 Å². The van der Waals surface area contributed by atoms with Gasteiger partial charge in [-0.25, -0.2) is 0 Å². The van der Waals surface area contributed by atoms with Gasteiger partial charge in [-0.15, -0.1) is 0 Å². The summed E-state index contributed by atoms with van der Waals surface area (Å²) in [5.41, 5.74) is 1.21. The molecule has 1 aromatic carbocycles. The Kier molecular flexibility index (Phi) is 4.11. The van der Waals surface area contributed by atoms with Crippen LogP contribution in [0.4, 0.5) is 5.69 Å². The molecule has 2 nitrogen and oxygen atoms in total. The van der Waals surface area contributed by atoms with Crippen LogP contribution in [-0.4, -0.2) is 26.2 Å². The van der Waals surface area contributed by atoms with E-state index in [2.05, 4.69) is 32.2 Å². The molecule has 0 atom stereocenters. The van der Waals surface area contributed by atoms with Crippen molar-refractivity contribution in [2.45, 2.75) is 18.9 Å². The summed E-state index contributed by atoms with van der Waals surface area (Å²) in [6.45, 7) is 2.18. The first-order valence-electron chi connectivity index (χ1n) is 5.58. The van der Waals surface area contributed by atoms with E-state index in [9.17, 15) is 0 Å². The fourth-order valence-corrected chi connectivity index (χ4v) is 2.83. The van der Waals surface area contributed by atoms with E-state index < -0.39 is 0 Å². The van der Waals surface area contributed by atoms with Gasteiger partial charge in [0, 0.05) is 19.1 Å². The minimum Gasteiger partial charge on any atom is -0.370 e. The van der Waals surface area contributed by atoms with E-state index in [4.69, 9.17) is 11.6 Å². The van der Waals surface area contributed by atoms with Crippen molar-refractivity contribution >= 4 is 33.2 Å². The first-order valence-corrected chi connectivity index (χ1v) is 6.75. The lowest BCUT2D eigenvalue weighted by molar-refractivity contribution is 0.442. The zero-order chi connectivity index (χ0) is 11.5. The summed E-state index contributed by atoms with van der Waals surface area (Å²) in [6, 6.07) is 6.70. The Morgan fingerprint density at radius 1 is 1.38 bits per heavy atom. The summed E-state index contributed by atoms with van der Waals surface area (Å²) < 4.78 is 1.01. The van der Waals surface area contributed by atoms with Crippen LogP contribution < -0.4 is 10.2 Å². The first kappa shape index (κ1) is 12.2. The summed E-state index contributed by atoms with van der Waals surface area (Å²) in [5.74, 6) is 0. The number of rotatable bonds is 2. The number of piperidine rings is 1. The summed E-state index contributed by atoms with van der Waals surface area (Å²) in [6.07, 6.45) is 2.38. The van der Waals surface area contributed by atoms with E-state index in [-0.39, 0.29) is 0 Å². The van der Waals surface area contributed by atoms with Crippen LogP contribution in [0, 0.1) is 0 Å². The van der Waals surface area contributed by atoms with Crippen LogP contribution in [0.25, 0.3) is 0 Å². The molecule has 0 aliphatic carbocycles. The molecule has 0 unspecified atom stereocenters. The van der Waals surface area contributed by atoms with E-state index in [0.29, 0.717) is 6.04 Å². The molecule has 0 bridgehead atoms. The van der Waals surface area contributed by atoms with Crippen LogP contribution in [0.2, 0.25) is 5.02 Å². The molecule has 1 aromatic rings. The Labute approximate surface area is 110 Å². The molecule has 1 heterocycles. The number of nitrogens with zero attached hydrogens (tertiary/aromatic N) is 1. The molecule has 0 spiro atoms.